The van der Waals surface area contributed by atoms with Gasteiger partial charge in [0.15, 0.2) is 0 Å². The van der Waals surface area contributed by atoms with Crippen molar-refractivity contribution in [1.29, 1.82) is 0 Å². The largest absolute Gasteiger partial charge is 0.580 e. The topological polar surface area (TPSA) is 9.23 Å². The number of hydrogen-bond acceptors (Lipinski definition) is 1. The van der Waals surface area contributed by atoms with Crippen molar-refractivity contribution in [2.75, 3.05) is 0 Å². The van der Waals surface area contributed by atoms with Gasteiger partial charge in [0.1, 0.15) is 5.75 Å². The highest BCUT2D eigenvalue weighted by Crippen LogP contribution is 2.42. The number of benzene rings is 1. The van der Waals surface area contributed by atoms with Gasteiger partial charge in [-0.1, -0.05) is 41.5 Å². The van der Waals surface area contributed by atoms with E-state index in [1.54, 1.807) is 0 Å². The predicted octanol–water partition coefficient (Wildman–Crippen LogP) is 4.03. The third kappa shape index (κ3) is 3.00. The van der Waals surface area contributed by atoms with E-state index >= 15 is 0 Å². The van der Waals surface area contributed by atoms with Gasteiger partial charge < -0.3 is 17.7 Å². The fraction of sp³-hybridized carbons (Fsp3) is 0.600. The lowest BCUT2D eigenvalue weighted by Crippen LogP contribution is -2.50. The van der Waals surface area contributed by atoms with E-state index in [4.69, 9.17) is 12.3 Å². The zero-order chi connectivity index (χ0) is 13.9. The predicted molar refractivity (Wildman–Crippen MR) is 83.5 cm³/mol. The summed E-state index contributed by atoms with van der Waals surface area (Å²) in [6, 6.07) is 7.80. The zero-order valence-electron chi connectivity index (χ0n) is 12.5. The fourth-order valence-electron chi connectivity index (χ4n) is 3.09. The normalized spacial score (nSPS) is 12.6. The summed E-state index contributed by atoms with van der Waals surface area (Å²) in [6.45, 7) is 13.8. The van der Waals surface area contributed by atoms with Gasteiger partial charge in [-0.2, -0.15) is 0 Å². The van der Waals surface area contributed by atoms with E-state index < -0.39 is 8.32 Å². The molecule has 0 atom stereocenters. The average molecular weight is 260 g/mol. The minimum atomic E-state index is -1.83. The molecule has 99 valence electrons. The van der Waals surface area contributed by atoms with Crippen LogP contribution in [0.1, 0.15) is 41.5 Å². The maximum atomic E-state index is 6.52. The maximum Gasteiger partial charge on any atom is 0.258 e. The molecular formula is C15H25BOSi-. The molecule has 0 saturated carbocycles. The molecule has 0 unspecified atom stereocenters. The molecule has 3 radical (unpaired) electrons. The van der Waals surface area contributed by atoms with E-state index in [1.165, 1.54) is 0 Å². The summed E-state index contributed by atoms with van der Waals surface area (Å²) < 4.78 is 6.52. The Kier molecular flexibility index (Phi) is 5.09. The van der Waals surface area contributed by atoms with Gasteiger partial charge in [0.05, 0.1) is 0 Å². The Morgan fingerprint density at radius 3 is 1.56 bits per heavy atom. The second-order valence-corrected chi connectivity index (χ2v) is 11.4. The first-order valence-corrected chi connectivity index (χ1v) is 8.99. The van der Waals surface area contributed by atoms with E-state index in [-0.39, 0.29) is 0 Å². The first kappa shape index (κ1) is 15.4. The Hall–Kier alpha value is -0.698. The zero-order valence-corrected chi connectivity index (χ0v) is 13.5. The minimum Gasteiger partial charge on any atom is -0.580 e. The van der Waals surface area contributed by atoms with Crippen LogP contribution in [0, 0.1) is 0 Å². The van der Waals surface area contributed by atoms with Crippen molar-refractivity contribution < 1.29 is 4.43 Å². The molecule has 3 heteroatoms. The van der Waals surface area contributed by atoms with E-state index in [1.807, 2.05) is 24.3 Å². The molecule has 0 aliphatic carbocycles. The van der Waals surface area contributed by atoms with Crippen LogP contribution < -0.4 is 9.89 Å². The standard InChI is InChI=1S/C15H25BOSi/c1-11(2)18(12(3)4,13(5)6)17-15-9-7-14(16)8-10-15/h7-13H,1-6H3/q-1. The average Bonchev–Trinajstić information content (AvgIpc) is 2.26. The molecular weight excluding hydrogens is 235 g/mol. The summed E-state index contributed by atoms with van der Waals surface area (Å²) in [7, 11) is 3.90. The first-order valence-electron chi connectivity index (χ1n) is 6.85. The molecule has 0 saturated heterocycles. The third-order valence-corrected chi connectivity index (χ3v) is 9.89. The van der Waals surface area contributed by atoms with Crippen molar-refractivity contribution in [2.24, 2.45) is 0 Å². The summed E-state index contributed by atoms with van der Waals surface area (Å²) in [6.07, 6.45) is 0. The Balaban J connectivity index is 3.08. The second kappa shape index (κ2) is 5.96. The molecule has 0 heterocycles. The molecule has 0 spiro atoms. The van der Waals surface area contributed by atoms with Crippen molar-refractivity contribution >= 4 is 21.6 Å². The molecule has 0 aliphatic heterocycles. The van der Waals surface area contributed by atoms with Crippen molar-refractivity contribution in [1.82, 2.24) is 0 Å². The smallest absolute Gasteiger partial charge is 0.258 e. The van der Waals surface area contributed by atoms with E-state index in [0.29, 0.717) is 16.6 Å². The van der Waals surface area contributed by atoms with E-state index in [0.717, 1.165) is 11.2 Å². The van der Waals surface area contributed by atoms with Crippen molar-refractivity contribution in [3.8, 4) is 5.75 Å². The van der Waals surface area contributed by atoms with Gasteiger partial charge in [-0.25, -0.2) is 0 Å². The van der Waals surface area contributed by atoms with Crippen LogP contribution in [0.4, 0.5) is 0 Å². The summed E-state index contributed by atoms with van der Waals surface area (Å²) in [5.74, 6) is 0.965. The van der Waals surface area contributed by atoms with Crippen LogP contribution in [-0.2, 0) is 0 Å². The summed E-state index contributed by atoms with van der Waals surface area (Å²) in [5, 5.41) is 0. The molecule has 1 aromatic rings. The lowest BCUT2D eigenvalue weighted by atomic mass is 9.97. The quantitative estimate of drug-likeness (QED) is 0.726. The minimum absolute atomic E-state index is 0.593. The molecule has 0 N–H and O–H groups in total. The van der Waals surface area contributed by atoms with Crippen LogP contribution in [0.25, 0.3) is 0 Å². The monoisotopic (exact) mass is 260 g/mol. The number of hydrogen-bond donors (Lipinski definition) is 0. The first-order chi connectivity index (χ1) is 8.30. The summed E-state index contributed by atoms with van der Waals surface area (Å²) in [4.78, 5) is 0. The Morgan fingerprint density at radius 2 is 1.22 bits per heavy atom. The van der Waals surface area contributed by atoms with Crippen molar-refractivity contribution in [3.63, 3.8) is 0 Å². The molecule has 1 rings (SSSR count). The van der Waals surface area contributed by atoms with Gasteiger partial charge >= 0.3 is 0 Å². The molecule has 0 amide bonds. The van der Waals surface area contributed by atoms with Crippen LogP contribution >= 0.6 is 0 Å². The van der Waals surface area contributed by atoms with Crippen LogP contribution in [0.15, 0.2) is 24.3 Å². The molecule has 0 aromatic heterocycles. The summed E-state index contributed by atoms with van der Waals surface area (Å²) in [5.41, 5.74) is 2.56. The molecule has 0 bridgehead atoms. The lowest BCUT2D eigenvalue weighted by molar-refractivity contribution is 0.480. The molecule has 1 aromatic carbocycles. The van der Waals surface area contributed by atoms with Crippen LogP contribution in [0.5, 0.6) is 5.75 Å². The number of rotatable bonds is 5. The van der Waals surface area contributed by atoms with Gasteiger partial charge in [0, 0.05) is 0 Å². The highest BCUT2D eigenvalue weighted by Gasteiger charge is 2.46. The second-order valence-electron chi connectivity index (χ2n) is 5.99. The Morgan fingerprint density at radius 1 is 0.833 bits per heavy atom. The van der Waals surface area contributed by atoms with Gasteiger partial charge in [-0.15, -0.1) is 12.1 Å². The van der Waals surface area contributed by atoms with Crippen LogP contribution in [0.2, 0.25) is 16.6 Å². The van der Waals surface area contributed by atoms with Crippen LogP contribution in [-0.4, -0.2) is 16.2 Å². The van der Waals surface area contributed by atoms with E-state index in [9.17, 15) is 0 Å². The third-order valence-electron chi connectivity index (χ3n) is 3.88. The Bertz CT molecular complexity index is 349. The van der Waals surface area contributed by atoms with Crippen LogP contribution in [0.3, 0.4) is 0 Å². The molecule has 0 aliphatic rings. The fourth-order valence-corrected chi connectivity index (χ4v) is 8.34. The highest BCUT2D eigenvalue weighted by molar-refractivity contribution is 6.78. The van der Waals surface area contributed by atoms with E-state index in [2.05, 4.69) is 41.5 Å². The maximum absolute atomic E-state index is 6.52. The molecule has 18 heavy (non-hydrogen) atoms. The SMILES string of the molecule is [B-]c1ccc(O[Si](C(C)C)(C(C)C)C(C)C)cc1. The Labute approximate surface area is 114 Å². The lowest BCUT2D eigenvalue weighted by Gasteiger charge is -2.42. The van der Waals surface area contributed by atoms with Gasteiger partial charge in [-0.05, 0) is 28.8 Å². The van der Waals surface area contributed by atoms with Gasteiger partial charge in [-0.3, -0.25) is 0 Å². The molecule has 1 nitrogen and oxygen atoms in total. The molecule has 0 fully saturated rings. The van der Waals surface area contributed by atoms with Crippen molar-refractivity contribution in [3.05, 3.63) is 24.3 Å². The highest BCUT2D eigenvalue weighted by atomic mass is 28.4. The summed E-state index contributed by atoms with van der Waals surface area (Å²) >= 11 is 0. The van der Waals surface area contributed by atoms with Gasteiger partial charge in [0.25, 0.3) is 8.32 Å². The van der Waals surface area contributed by atoms with Gasteiger partial charge in [0.2, 0.25) is 0 Å². The van der Waals surface area contributed by atoms with Crippen molar-refractivity contribution in [2.45, 2.75) is 58.2 Å².